The van der Waals surface area contributed by atoms with Gasteiger partial charge in [-0.25, -0.2) is 8.42 Å². The number of hydrogen-bond acceptors (Lipinski definition) is 3. The van der Waals surface area contributed by atoms with Crippen molar-refractivity contribution in [3.8, 4) is 0 Å². The van der Waals surface area contributed by atoms with Gasteiger partial charge in [0.1, 0.15) is 0 Å². The van der Waals surface area contributed by atoms with Crippen LogP contribution in [0.2, 0.25) is 0 Å². The maximum atomic E-state index is 12.5. The number of hydrogen-bond donors (Lipinski definition) is 0. The largest absolute Gasteiger partial charge is 0.367 e. The van der Waals surface area contributed by atoms with E-state index in [1.165, 1.54) is 25.0 Å². The Morgan fingerprint density at radius 1 is 1.19 bits per heavy atom. The van der Waals surface area contributed by atoms with E-state index in [1.54, 1.807) is 12.1 Å². The van der Waals surface area contributed by atoms with Crippen LogP contribution < -0.4 is 4.90 Å². The lowest BCUT2D eigenvalue weighted by molar-refractivity contribution is 0.234. The Balaban J connectivity index is 2.23. The second kappa shape index (κ2) is 6.92. The second-order valence-corrected chi connectivity index (χ2v) is 7.42. The first-order valence-corrected chi connectivity index (χ1v) is 8.99. The Labute approximate surface area is 128 Å². The fourth-order valence-corrected chi connectivity index (χ4v) is 3.66. The molecule has 0 saturated heterocycles. The van der Waals surface area contributed by atoms with Crippen molar-refractivity contribution in [2.75, 3.05) is 17.3 Å². The second-order valence-electron chi connectivity index (χ2n) is 5.12. The molecular formula is C14H18ClF2NO2S. The standard InChI is InChI=1S/C14H18ClF2NO2S/c15-9-10-18(11-3-1-2-4-11)12-5-7-13(8-6-12)21(19,20)14(16)17/h5-8,11,14H,1-4,9-10H2. The first-order chi connectivity index (χ1) is 9.96. The number of halogens is 3. The van der Waals surface area contributed by atoms with Gasteiger partial charge in [0.15, 0.2) is 0 Å². The molecule has 0 heterocycles. The highest BCUT2D eigenvalue weighted by atomic mass is 35.5. The molecule has 0 unspecified atom stereocenters. The van der Waals surface area contributed by atoms with Crippen molar-refractivity contribution >= 4 is 27.1 Å². The maximum absolute atomic E-state index is 12.5. The van der Waals surface area contributed by atoms with Gasteiger partial charge >= 0.3 is 5.76 Å². The van der Waals surface area contributed by atoms with E-state index in [9.17, 15) is 17.2 Å². The zero-order valence-corrected chi connectivity index (χ0v) is 13.1. The molecule has 0 aromatic heterocycles. The Morgan fingerprint density at radius 3 is 2.24 bits per heavy atom. The van der Waals surface area contributed by atoms with Crippen LogP contribution in [0.4, 0.5) is 14.5 Å². The molecule has 21 heavy (non-hydrogen) atoms. The normalized spacial score (nSPS) is 16.6. The van der Waals surface area contributed by atoms with Crippen LogP contribution in [0, 0.1) is 0 Å². The van der Waals surface area contributed by atoms with Crippen LogP contribution in [0.25, 0.3) is 0 Å². The molecule has 1 aromatic rings. The predicted molar refractivity (Wildman–Crippen MR) is 80.0 cm³/mol. The summed E-state index contributed by atoms with van der Waals surface area (Å²) >= 11 is 5.83. The number of rotatable bonds is 6. The molecule has 1 saturated carbocycles. The van der Waals surface area contributed by atoms with Crippen molar-refractivity contribution in [1.29, 1.82) is 0 Å². The summed E-state index contributed by atoms with van der Waals surface area (Å²) in [5, 5.41) is 0. The lowest BCUT2D eigenvalue weighted by Gasteiger charge is -2.30. The van der Waals surface area contributed by atoms with Crippen LogP contribution in [0.15, 0.2) is 29.2 Å². The minimum absolute atomic E-state index is 0.349. The molecule has 1 fully saturated rings. The van der Waals surface area contributed by atoms with Gasteiger partial charge in [-0.3, -0.25) is 0 Å². The van der Waals surface area contributed by atoms with E-state index >= 15 is 0 Å². The minimum Gasteiger partial charge on any atom is -0.367 e. The van der Waals surface area contributed by atoms with Crippen LogP contribution >= 0.6 is 11.6 Å². The molecular weight excluding hydrogens is 320 g/mol. The molecule has 0 aliphatic heterocycles. The topological polar surface area (TPSA) is 37.4 Å². The van der Waals surface area contributed by atoms with Gasteiger partial charge in [-0.2, -0.15) is 8.78 Å². The minimum atomic E-state index is -4.53. The summed E-state index contributed by atoms with van der Waals surface area (Å²) in [4.78, 5) is 1.79. The SMILES string of the molecule is O=S(=O)(c1ccc(N(CCCl)C2CCCC2)cc1)C(F)F. The highest BCUT2D eigenvalue weighted by molar-refractivity contribution is 7.91. The summed E-state index contributed by atoms with van der Waals surface area (Å²) < 4.78 is 47.8. The van der Waals surface area contributed by atoms with Gasteiger partial charge in [0.05, 0.1) is 4.90 Å². The molecule has 0 amide bonds. The molecule has 0 bridgehead atoms. The third-order valence-electron chi connectivity index (χ3n) is 3.82. The third kappa shape index (κ3) is 3.66. The molecule has 2 rings (SSSR count). The number of sulfone groups is 1. The van der Waals surface area contributed by atoms with Crippen molar-refractivity contribution in [3.05, 3.63) is 24.3 Å². The van der Waals surface area contributed by atoms with Crippen molar-refractivity contribution in [1.82, 2.24) is 0 Å². The maximum Gasteiger partial charge on any atom is 0.341 e. The van der Waals surface area contributed by atoms with Gasteiger partial charge in [0.25, 0.3) is 0 Å². The van der Waals surface area contributed by atoms with E-state index in [1.807, 2.05) is 0 Å². The summed E-state index contributed by atoms with van der Waals surface area (Å²) in [5.41, 5.74) is 0.829. The Kier molecular flexibility index (Phi) is 5.43. The monoisotopic (exact) mass is 337 g/mol. The van der Waals surface area contributed by atoms with E-state index in [2.05, 4.69) is 4.90 Å². The zero-order chi connectivity index (χ0) is 15.5. The van der Waals surface area contributed by atoms with Crippen molar-refractivity contribution in [3.63, 3.8) is 0 Å². The quantitative estimate of drug-likeness (QED) is 0.743. The Hall–Kier alpha value is -0.880. The number of nitrogens with zero attached hydrogens (tertiary/aromatic N) is 1. The highest BCUT2D eigenvalue weighted by Gasteiger charge is 2.27. The lowest BCUT2D eigenvalue weighted by Crippen LogP contribution is -2.34. The molecule has 3 nitrogen and oxygen atoms in total. The Morgan fingerprint density at radius 2 is 1.76 bits per heavy atom. The molecule has 7 heteroatoms. The summed E-state index contributed by atoms with van der Waals surface area (Å²) in [7, 11) is -4.53. The smallest absolute Gasteiger partial charge is 0.341 e. The lowest BCUT2D eigenvalue weighted by atomic mass is 10.2. The van der Waals surface area contributed by atoms with Crippen LogP contribution in [0.1, 0.15) is 25.7 Å². The van der Waals surface area contributed by atoms with Crippen LogP contribution in [0.3, 0.4) is 0 Å². The summed E-state index contributed by atoms with van der Waals surface area (Å²) in [5.74, 6) is -2.93. The van der Waals surface area contributed by atoms with E-state index in [-0.39, 0.29) is 4.90 Å². The number of alkyl halides is 3. The summed E-state index contributed by atoms with van der Waals surface area (Å²) in [6.07, 6.45) is 4.49. The summed E-state index contributed by atoms with van der Waals surface area (Å²) in [6, 6.07) is 6.04. The van der Waals surface area contributed by atoms with E-state index in [0.717, 1.165) is 18.5 Å². The van der Waals surface area contributed by atoms with Crippen molar-refractivity contribution in [2.24, 2.45) is 0 Å². The van der Waals surface area contributed by atoms with Gasteiger partial charge in [-0.05, 0) is 37.1 Å². The molecule has 0 atom stereocenters. The van der Waals surface area contributed by atoms with Gasteiger partial charge in [0.2, 0.25) is 9.84 Å². The van der Waals surface area contributed by atoms with Crippen LogP contribution in [-0.4, -0.2) is 32.6 Å². The van der Waals surface area contributed by atoms with Gasteiger partial charge in [-0.1, -0.05) is 12.8 Å². The average molecular weight is 338 g/mol. The fourth-order valence-electron chi connectivity index (χ4n) is 2.76. The van der Waals surface area contributed by atoms with Crippen molar-refractivity contribution < 1.29 is 17.2 Å². The van der Waals surface area contributed by atoms with Gasteiger partial charge in [0, 0.05) is 24.2 Å². The highest BCUT2D eigenvalue weighted by Crippen LogP contribution is 2.29. The molecule has 1 aliphatic carbocycles. The Bertz CT molecular complexity index is 557. The fraction of sp³-hybridized carbons (Fsp3) is 0.571. The molecule has 1 aromatic carbocycles. The van der Waals surface area contributed by atoms with Crippen LogP contribution in [0.5, 0.6) is 0 Å². The molecule has 0 radical (unpaired) electrons. The van der Waals surface area contributed by atoms with E-state index in [0.29, 0.717) is 18.5 Å². The van der Waals surface area contributed by atoms with Gasteiger partial charge in [-0.15, -0.1) is 11.6 Å². The molecule has 118 valence electrons. The number of anilines is 1. The van der Waals surface area contributed by atoms with E-state index < -0.39 is 15.6 Å². The molecule has 1 aliphatic rings. The number of benzene rings is 1. The molecule has 0 spiro atoms. The predicted octanol–water partition coefficient (Wildman–Crippen LogP) is 3.67. The van der Waals surface area contributed by atoms with Gasteiger partial charge < -0.3 is 4.90 Å². The third-order valence-corrected chi connectivity index (χ3v) is 5.39. The summed E-state index contributed by atoms with van der Waals surface area (Å²) in [6.45, 7) is 0.660. The van der Waals surface area contributed by atoms with Crippen LogP contribution in [-0.2, 0) is 9.84 Å². The average Bonchev–Trinajstić information content (AvgIpc) is 2.98. The van der Waals surface area contributed by atoms with E-state index in [4.69, 9.17) is 11.6 Å². The van der Waals surface area contributed by atoms with Crippen molar-refractivity contribution in [2.45, 2.75) is 42.4 Å². The first kappa shape index (κ1) is 16.5. The zero-order valence-electron chi connectivity index (χ0n) is 11.5. The molecule has 0 N–H and O–H groups in total. The first-order valence-electron chi connectivity index (χ1n) is 6.91.